The van der Waals surface area contributed by atoms with Gasteiger partial charge in [0.25, 0.3) is 0 Å². The van der Waals surface area contributed by atoms with Gasteiger partial charge in [0, 0.05) is 31.4 Å². The molecule has 1 unspecified atom stereocenters. The molecule has 1 atom stereocenters. The number of hydrogen-bond acceptors (Lipinski definition) is 5. The summed E-state index contributed by atoms with van der Waals surface area (Å²) in [6.07, 6.45) is 1.03. The minimum atomic E-state index is 0.438. The van der Waals surface area contributed by atoms with Crippen LogP contribution in [0.4, 0.5) is 5.69 Å². The smallest absolute Gasteiger partial charge is 0.170 e. The number of fused-ring (bicyclic) bond motifs is 1. The highest BCUT2D eigenvalue weighted by atomic mass is 15.5. The number of tetrazole rings is 1. The van der Waals surface area contributed by atoms with Crippen LogP contribution in [0.2, 0.25) is 0 Å². The van der Waals surface area contributed by atoms with E-state index in [1.54, 1.807) is 0 Å². The summed E-state index contributed by atoms with van der Waals surface area (Å²) in [7, 11) is 0. The van der Waals surface area contributed by atoms with Crippen LogP contribution in [-0.4, -0.2) is 32.8 Å². The lowest BCUT2D eigenvalue weighted by Gasteiger charge is -2.25. The van der Waals surface area contributed by atoms with E-state index in [1.165, 1.54) is 11.3 Å². The number of aromatic nitrogens is 4. The van der Waals surface area contributed by atoms with E-state index in [4.69, 9.17) is 0 Å². The summed E-state index contributed by atoms with van der Waals surface area (Å²) in [5, 5.41) is 15.7. The van der Waals surface area contributed by atoms with E-state index in [9.17, 15) is 0 Å². The summed E-state index contributed by atoms with van der Waals surface area (Å²) >= 11 is 0. The molecule has 1 aliphatic rings. The summed E-state index contributed by atoms with van der Waals surface area (Å²) in [5.41, 5.74) is 2.61. The van der Waals surface area contributed by atoms with Crippen molar-refractivity contribution in [3.8, 4) is 0 Å². The van der Waals surface area contributed by atoms with E-state index < -0.39 is 0 Å². The van der Waals surface area contributed by atoms with E-state index >= 15 is 0 Å². The van der Waals surface area contributed by atoms with Gasteiger partial charge in [0.2, 0.25) is 0 Å². The van der Waals surface area contributed by atoms with Crippen molar-refractivity contribution in [2.24, 2.45) is 0 Å². The third kappa shape index (κ3) is 3.05. The molecule has 0 saturated heterocycles. The standard InChI is InChI=1S/C15H22N6/c1-3-8-21-15(17-18-19-21)11-20-10-12(2)16-9-13-6-4-5-7-14(13)20/h4-7,12,16H,3,8-11H2,1-2H3. The third-order valence-corrected chi connectivity index (χ3v) is 3.84. The molecule has 1 aromatic carbocycles. The molecule has 3 rings (SSSR count). The highest BCUT2D eigenvalue weighted by molar-refractivity contribution is 5.54. The summed E-state index contributed by atoms with van der Waals surface area (Å²) in [5.74, 6) is 0.931. The second-order valence-corrected chi connectivity index (χ2v) is 5.61. The van der Waals surface area contributed by atoms with Gasteiger partial charge in [0.05, 0.1) is 6.54 Å². The van der Waals surface area contributed by atoms with Gasteiger partial charge >= 0.3 is 0 Å². The molecular formula is C15H22N6. The molecule has 112 valence electrons. The number of para-hydroxylation sites is 1. The maximum Gasteiger partial charge on any atom is 0.170 e. The Kier molecular flexibility index (Phi) is 4.15. The Labute approximate surface area is 125 Å². The van der Waals surface area contributed by atoms with Gasteiger partial charge in [-0.3, -0.25) is 0 Å². The number of anilines is 1. The number of aryl methyl sites for hydroxylation is 1. The maximum absolute atomic E-state index is 4.20. The molecule has 2 heterocycles. The Morgan fingerprint density at radius 1 is 1.33 bits per heavy atom. The average molecular weight is 286 g/mol. The third-order valence-electron chi connectivity index (χ3n) is 3.84. The van der Waals surface area contributed by atoms with Crippen molar-refractivity contribution in [3.63, 3.8) is 0 Å². The second kappa shape index (κ2) is 6.22. The number of benzene rings is 1. The van der Waals surface area contributed by atoms with Gasteiger partial charge in [-0.05, 0) is 35.4 Å². The van der Waals surface area contributed by atoms with Crippen molar-refractivity contribution < 1.29 is 0 Å². The zero-order valence-corrected chi connectivity index (χ0v) is 12.7. The summed E-state index contributed by atoms with van der Waals surface area (Å²) in [6.45, 7) is 7.83. The van der Waals surface area contributed by atoms with Crippen molar-refractivity contribution in [1.82, 2.24) is 25.5 Å². The molecule has 6 heteroatoms. The van der Waals surface area contributed by atoms with Gasteiger partial charge in [-0.1, -0.05) is 25.1 Å². The van der Waals surface area contributed by atoms with Crippen LogP contribution in [0.25, 0.3) is 0 Å². The Balaban J connectivity index is 1.87. The fourth-order valence-electron chi connectivity index (χ4n) is 2.79. The van der Waals surface area contributed by atoms with Crippen LogP contribution in [-0.2, 0) is 19.6 Å². The molecule has 1 aliphatic heterocycles. The number of nitrogens with one attached hydrogen (secondary N) is 1. The molecule has 0 fully saturated rings. The molecule has 6 nitrogen and oxygen atoms in total. The fraction of sp³-hybridized carbons (Fsp3) is 0.533. The van der Waals surface area contributed by atoms with Crippen LogP contribution < -0.4 is 10.2 Å². The Morgan fingerprint density at radius 2 is 2.19 bits per heavy atom. The molecule has 0 bridgehead atoms. The van der Waals surface area contributed by atoms with Gasteiger partial charge in [-0.2, -0.15) is 0 Å². The Bertz CT molecular complexity index is 593. The van der Waals surface area contributed by atoms with Crippen LogP contribution >= 0.6 is 0 Å². The number of nitrogens with zero attached hydrogens (tertiary/aromatic N) is 5. The minimum absolute atomic E-state index is 0.438. The Hall–Kier alpha value is -1.95. The second-order valence-electron chi connectivity index (χ2n) is 5.61. The largest absolute Gasteiger partial charge is 0.362 e. The summed E-state index contributed by atoms with van der Waals surface area (Å²) in [4.78, 5) is 2.37. The van der Waals surface area contributed by atoms with Gasteiger partial charge in [0.15, 0.2) is 5.82 Å². The van der Waals surface area contributed by atoms with E-state index in [2.05, 4.69) is 63.9 Å². The van der Waals surface area contributed by atoms with Gasteiger partial charge < -0.3 is 10.2 Å². The molecule has 1 N–H and O–H groups in total. The first-order chi connectivity index (χ1) is 10.3. The first kappa shape index (κ1) is 14.0. The van der Waals surface area contributed by atoms with Crippen LogP contribution in [0.5, 0.6) is 0 Å². The minimum Gasteiger partial charge on any atom is -0.362 e. The zero-order valence-electron chi connectivity index (χ0n) is 12.7. The topological polar surface area (TPSA) is 58.9 Å². The lowest BCUT2D eigenvalue weighted by Crippen LogP contribution is -2.36. The molecule has 2 aromatic rings. The first-order valence-electron chi connectivity index (χ1n) is 7.59. The van der Waals surface area contributed by atoms with Gasteiger partial charge in [-0.25, -0.2) is 4.68 Å². The van der Waals surface area contributed by atoms with Crippen molar-refractivity contribution in [1.29, 1.82) is 0 Å². The monoisotopic (exact) mass is 286 g/mol. The highest BCUT2D eigenvalue weighted by Gasteiger charge is 2.20. The average Bonchev–Trinajstić information content (AvgIpc) is 2.85. The lowest BCUT2D eigenvalue weighted by molar-refractivity contribution is 0.527. The van der Waals surface area contributed by atoms with E-state index in [0.717, 1.165) is 38.4 Å². The molecule has 21 heavy (non-hydrogen) atoms. The normalized spacial score (nSPS) is 18.4. The first-order valence-corrected chi connectivity index (χ1v) is 7.59. The van der Waals surface area contributed by atoms with E-state index in [1.807, 2.05) is 4.68 Å². The summed E-state index contributed by atoms with van der Waals surface area (Å²) < 4.78 is 1.91. The number of rotatable bonds is 4. The van der Waals surface area contributed by atoms with Crippen molar-refractivity contribution in [2.75, 3.05) is 11.4 Å². The highest BCUT2D eigenvalue weighted by Crippen LogP contribution is 2.24. The molecular weight excluding hydrogens is 264 g/mol. The molecule has 0 saturated carbocycles. The molecule has 1 aromatic heterocycles. The van der Waals surface area contributed by atoms with Crippen LogP contribution in [0.1, 0.15) is 31.7 Å². The van der Waals surface area contributed by atoms with E-state index in [-0.39, 0.29) is 0 Å². The van der Waals surface area contributed by atoms with Crippen LogP contribution in [0, 0.1) is 0 Å². The van der Waals surface area contributed by atoms with Crippen molar-refractivity contribution in [2.45, 2.75) is 45.9 Å². The van der Waals surface area contributed by atoms with Gasteiger partial charge in [-0.15, -0.1) is 5.10 Å². The molecule has 0 aliphatic carbocycles. The lowest BCUT2D eigenvalue weighted by atomic mass is 10.1. The Morgan fingerprint density at radius 3 is 3.05 bits per heavy atom. The van der Waals surface area contributed by atoms with Crippen LogP contribution in [0.3, 0.4) is 0 Å². The van der Waals surface area contributed by atoms with Crippen LogP contribution in [0.15, 0.2) is 24.3 Å². The zero-order chi connectivity index (χ0) is 14.7. The molecule has 0 amide bonds. The quantitative estimate of drug-likeness (QED) is 0.925. The molecule has 0 radical (unpaired) electrons. The predicted molar refractivity (Wildman–Crippen MR) is 81.9 cm³/mol. The fourth-order valence-corrected chi connectivity index (χ4v) is 2.79. The van der Waals surface area contributed by atoms with E-state index in [0.29, 0.717) is 6.04 Å². The summed E-state index contributed by atoms with van der Waals surface area (Å²) in [6, 6.07) is 8.99. The molecule has 0 spiro atoms. The SMILES string of the molecule is CCCn1nnnc1CN1CC(C)NCc2ccccc21. The number of hydrogen-bond donors (Lipinski definition) is 1. The van der Waals surface area contributed by atoms with Gasteiger partial charge in [0.1, 0.15) is 0 Å². The predicted octanol–water partition coefficient (Wildman–Crippen LogP) is 1.58. The van der Waals surface area contributed by atoms with Crippen molar-refractivity contribution >= 4 is 5.69 Å². The maximum atomic E-state index is 4.20. The van der Waals surface area contributed by atoms with Crippen molar-refractivity contribution in [3.05, 3.63) is 35.7 Å².